The number of hydrogen-bond donors (Lipinski definition) is 2. The van der Waals surface area contributed by atoms with Crippen molar-refractivity contribution in [2.45, 2.75) is 50.3 Å². The molecule has 21 heavy (non-hydrogen) atoms. The standard InChI is InChI=1S/C15H26N2O2S2/c1-3-9-16-11-14-7-8-15(20-14)21(18,19)17-10-13-6-4-5-12(13)2/h7-8,12-13,16-17H,3-6,9-11H2,1-2H3. The predicted octanol–water partition coefficient (Wildman–Crippen LogP) is 2.96. The monoisotopic (exact) mass is 330 g/mol. The first-order valence-electron chi connectivity index (χ1n) is 7.82. The summed E-state index contributed by atoms with van der Waals surface area (Å²) in [5.74, 6) is 1.12. The highest BCUT2D eigenvalue weighted by Crippen LogP contribution is 2.31. The van der Waals surface area contributed by atoms with Crippen LogP contribution in [-0.4, -0.2) is 21.5 Å². The molecule has 120 valence electrons. The number of thiophene rings is 1. The van der Waals surface area contributed by atoms with E-state index in [1.807, 2.05) is 6.07 Å². The van der Waals surface area contributed by atoms with Gasteiger partial charge < -0.3 is 5.32 Å². The molecule has 1 aromatic rings. The third-order valence-corrected chi connectivity index (χ3v) is 7.20. The van der Waals surface area contributed by atoms with Crippen LogP contribution in [0.25, 0.3) is 0 Å². The van der Waals surface area contributed by atoms with E-state index in [2.05, 4.69) is 23.9 Å². The minimum absolute atomic E-state index is 0.432. The zero-order chi connectivity index (χ0) is 15.3. The van der Waals surface area contributed by atoms with Crippen molar-refractivity contribution in [3.63, 3.8) is 0 Å². The van der Waals surface area contributed by atoms with Crippen LogP contribution >= 0.6 is 11.3 Å². The van der Waals surface area contributed by atoms with Crippen LogP contribution in [0.15, 0.2) is 16.3 Å². The lowest BCUT2D eigenvalue weighted by atomic mass is 9.99. The van der Waals surface area contributed by atoms with Crippen LogP contribution in [0.5, 0.6) is 0 Å². The molecular weight excluding hydrogens is 304 g/mol. The Morgan fingerprint density at radius 3 is 2.81 bits per heavy atom. The Morgan fingerprint density at radius 1 is 1.33 bits per heavy atom. The molecular formula is C15H26N2O2S2. The summed E-state index contributed by atoms with van der Waals surface area (Å²) in [6.45, 7) is 6.61. The summed E-state index contributed by atoms with van der Waals surface area (Å²) < 4.78 is 27.9. The summed E-state index contributed by atoms with van der Waals surface area (Å²) in [6.07, 6.45) is 4.66. The van der Waals surface area contributed by atoms with E-state index in [1.54, 1.807) is 6.07 Å². The molecule has 1 aromatic heterocycles. The van der Waals surface area contributed by atoms with E-state index >= 15 is 0 Å². The summed E-state index contributed by atoms with van der Waals surface area (Å²) in [7, 11) is -3.34. The van der Waals surface area contributed by atoms with Crippen molar-refractivity contribution in [2.75, 3.05) is 13.1 Å². The van der Waals surface area contributed by atoms with Gasteiger partial charge in [-0.25, -0.2) is 13.1 Å². The summed E-state index contributed by atoms with van der Waals surface area (Å²) in [5.41, 5.74) is 0. The molecule has 0 aliphatic heterocycles. The van der Waals surface area contributed by atoms with Gasteiger partial charge in [0, 0.05) is 18.0 Å². The molecule has 0 aromatic carbocycles. The largest absolute Gasteiger partial charge is 0.312 e. The van der Waals surface area contributed by atoms with E-state index in [-0.39, 0.29) is 0 Å². The van der Waals surface area contributed by atoms with Gasteiger partial charge in [-0.15, -0.1) is 11.3 Å². The first-order chi connectivity index (χ1) is 10.0. The van der Waals surface area contributed by atoms with Gasteiger partial charge in [-0.1, -0.05) is 26.7 Å². The van der Waals surface area contributed by atoms with E-state index in [4.69, 9.17) is 0 Å². The molecule has 0 spiro atoms. The van der Waals surface area contributed by atoms with Crippen LogP contribution in [0, 0.1) is 11.8 Å². The first kappa shape index (κ1) is 16.9. The molecule has 1 aliphatic rings. The third kappa shape index (κ3) is 4.77. The highest BCUT2D eigenvalue weighted by atomic mass is 32.2. The van der Waals surface area contributed by atoms with Crippen LogP contribution in [0.2, 0.25) is 0 Å². The van der Waals surface area contributed by atoms with Gasteiger partial charge in [0.25, 0.3) is 0 Å². The Balaban J connectivity index is 1.89. The molecule has 4 nitrogen and oxygen atoms in total. The van der Waals surface area contributed by atoms with Crippen LogP contribution < -0.4 is 10.0 Å². The molecule has 0 amide bonds. The fraction of sp³-hybridized carbons (Fsp3) is 0.733. The van der Waals surface area contributed by atoms with Crippen LogP contribution in [-0.2, 0) is 16.6 Å². The number of hydrogen-bond acceptors (Lipinski definition) is 4. The Kier molecular flexibility index (Phi) is 6.22. The molecule has 1 heterocycles. The molecule has 1 fully saturated rings. The Morgan fingerprint density at radius 2 is 2.14 bits per heavy atom. The van der Waals surface area contributed by atoms with E-state index in [1.165, 1.54) is 24.2 Å². The fourth-order valence-electron chi connectivity index (χ4n) is 2.80. The van der Waals surface area contributed by atoms with Gasteiger partial charge in [0.15, 0.2) is 0 Å². The smallest absolute Gasteiger partial charge is 0.250 e. The lowest BCUT2D eigenvalue weighted by Crippen LogP contribution is -2.29. The van der Waals surface area contributed by atoms with Crippen LogP contribution in [0.1, 0.15) is 44.4 Å². The molecule has 0 bridgehead atoms. The van der Waals surface area contributed by atoms with Gasteiger partial charge in [-0.2, -0.15) is 0 Å². The fourth-order valence-corrected chi connectivity index (χ4v) is 5.26. The topological polar surface area (TPSA) is 58.2 Å². The highest BCUT2D eigenvalue weighted by molar-refractivity contribution is 7.91. The van der Waals surface area contributed by atoms with Crippen molar-refractivity contribution in [2.24, 2.45) is 11.8 Å². The predicted molar refractivity (Wildman–Crippen MR) is 88.0 cm³/mol. The van der Waals surface area contributed by atoms with Crippen LogP contribution in [0.3, 0.4) is 0 Å². The van der Waals surface area contributed by atoms with E-state index in [9.17, 15) is 8.42 Å². The minimum Gasteiger partial charge on any atom is -0.312 e. The summed E-state index contributed by atoms with van der Waals surface area (Å²) in [5, 5.41) is 3.29. The van der Waals surface area contributed by atoms with E-state index in [0.29, 0.717) is 22.6 Å². The zero-order valence-corrected chi connectivity index (χ0v) is 14.5. The van der Waals surface area contributed by atoms with Crippen molar-refractivity contribution in [3.05, 3.63) is 17.0 Å². The third-order valence-electron chi connectivity index (χ3n) is 4.20. The second-order valence-electron chi connectivity index (χ2n) is 5.92. The first-order valence-corrected chi connectivity index (χ1v) is 10.1. The SMILES string of the molecule is CCCNCc1ccc(S(=O)(=O)NCC2CCCC2C)s1. The van der Waals surface area contributed by atoms with Gasteiger partial charge in [0.1, 0.15) is 4.21 Å². The maximum Gasteiger partial charge on any atom is 0.250 e. The van der Waals surface area contributed by atoms with Crippen molar-refractivity contribution >= 4 is 21.4 Å². The quantitative estimate of drug-likeness (QED) is 0.721. The molecule has 2 atom stereocenters. The normalized spacial score (nSPS) is 22.8. The second-order valence-corrected chi connectivity index (χ2v) is 9.08. The molecule has 1 saturated carbocycles. The average molecular weight is 331 g/mol. The molecule has 2 unspecified atom stereocenters. The summed E-state index contributed by atoms with van der Waals surface area (Å²) in [6, 6.07) is 3.62. The van der Waals surface area contributed by atoms with E-state index < -0.39 is 10.0 Å². The second kappa shape index (κ2) is 7.72. The average Bonchev–Trinajstić information content (AvgIpc) is 3.06. The van der Waals surface area contributed by atoms with Crippen molar-refractivity contribution in [1.29, 1.82) is 0 Å². The molecule has 0 saturated heterocycles. The molecule has 2 N–H and O–H groups in total. The number of rotatable bonds is 8. The van der Waals surface area contributed by atoms with Crippen molar-refractivity contribution in [1.82, 2.24) is 10.0 Å². The van der Waals surface area contributed by atoms with Crippen molar-refractivity contribution < 1.29 is 8.42 Å². The Hall–Kier alpha value is -0.430. The van der Waals surface area contributed by atoms with Gasteiger partial charge in [0.2, 0.25) is 10.0 Å². The minimum atomic E-state index is -3.34. The summed E-state index contributed by atoms with van der Waals surface area (Å²) >= 11 is 1.36. The van der Waals surface area contributed by atoms with E-state index in [0.717, 1.165) is 30.8 Å². The maximum absolute atomic E-state index is 12.3. The van der Waals surface area contributed by atoms with Crippen molar-refractivity contribution in [3.8, 4) is 0 Å². The van der Waals surface area contributed by atoms with Gasteiger partial charge in [-0.05, 0) is 43.4 Å². The number of nitrogens with one attached hydrogen (secondary N) is 2. The lowest BCUT2D eigenvalue weighted by molar-refractivity contribution is 0.414. The molecule has 2 rings (SSSR count). The highest BCUT2D eigenvalue weighted by Gasteiger charge is 2.25. The zero-order valence-electron chi connectivity index (χ0n) is 12.9. The van der Waals surface area contributed by atoms with Gasteiger partial charge in [-0.3, -0.25) is 0 Å². The molecule has 0 radical (unpaired) electrons. The van der Waals surface area contributed by atoms with Gasteiger partial charge in [0.05, 0.1) is 0 Å². The molecule has 1 aliphatic carbocycles. The molecule has 6 heteroatoms. The maximum atomic E-state index is 12.3. The van der Waals surface area contributed by atoms with Crippen LogP contribution in [0.4, 0.5) is 0 Å². The lowest BCUT2D eigenvalue weighted by Gasteiger charge is -2.15. The Bertz CT molecular complexity index is 540. The Labute approximate surface area is 132 Å². The number of sulfonamides is 1. The summed E-state index contributed by atoms with van der Waals surface area (Å²) in [4.78, 5) is 1.07. The van der Waals surface area contributed by atoms with Gasteiger partial charge >= 0.3 is 0 Å².